The SMILES string of the molecule is CN(CC(=O)NC(C)(C)C)c1ccc([N+](=O)[O-])c(C#N)n1. The molecule has 0 atom stereocenters. The first-order valence-corrected chi connectivity index (χ1v) is 6.21. The molecule has 0 bridgehead atoms. The summed E-state index contributed by atoms with van der Waals surface area (Å²) < 4.78 is 0. The second-order valence-corrected chi connectivity index (χ2v) is 5.56. The Morgan fingerprint density at radius 2 is 2.14 bits per heavy atom. The second-order valence-electron chi connectivity index (χ2n) is 5.56. The fourth-order valence-electron chi connectivity index (χ4n) is 1.64. The van der Waals surface area contributed by atoms with E-state index in [-0.39, 0.29) is 29.4 Å². The van der Waals surface area contributed by atoms with Crippen molar-refractivity contribution in [2.75, 3.05) is 18.5 Å². The molecule has 1 aromatic heterocycles. The summed E-state index contributed by atoms with van der Waals surface area (Å²) in [7, 11) is 1.62. The summed E-state index contributed by atoms with van der Waals surface area (Å²) in [5.41, 5.74) is -0.979. The van der Waals surface area contributed by atoms with Crippen molar-refractivity contribution in [3.63, 3.8) is 0 Å². The highest BCUT2D eigenvalue weighted by molar-refractivity contribution is 5.81. The molecule has 0 aromatic carbocycles. The minimum absolute atomic E-state index is 0.0347. The van der Waals surface area contributed by atoms with Gasteiger partial charge in [0.05, 0.1) is 11.5 Å². The van der Waals surface area contributed by atoms with Crippen molar-refractivity contribution in [1.82, 2.24) is 10.3 Å². The summed E-state index contributed by atoms with van der Waals surface area (Å²) in [5, 5.41) is 22.4. The number of nitro groups is 1. The molecule has 8 nitrogen and oxygen atoms in total. The summed E-state index contributed by atoms with van der Waals surface area (Å²) in [6.45, 7) is 5.63. The summed E-state index contributed by atoms with van der Waals surface area (Å²) in [5.74, 6) is 0.116. The zero-order valence-electron chi connectivity index (χ0n) is 12.4. The smallest absolute Gasteiger partial charge is 0.305 e. The number of nitrogens with one attached hydrogen (secondary N) is 1. The Hall–Kier alpha value is -2.69. The van der Waals surface area contributed by atoms with Crippen molar-refractivity contribution in [1.29, 1.82) is 5.26 Å². The van der Waals surface area contributed by atoms with Gasteiger partial charge in [0.25, 0.3) is 0 Å². The first-order valence-electron chi connectivity index (χ1n) is 6.21. The molecule has 0 saturated carbocycles. The Labute approximate surface area is 122 Å². The predicted octanol–water partition coefficient (Wildman–Crippen LogP) is 1.21. The number of nitrogens with zero attached hydrogens (tertiary/aromatic N) is 4. The monoisotopic (exact) mass is 291 g/mol. The quantitative estimate of drug-likeness (QED) is 0.659. The van der Waals surface area contributed by atoms with Crippen molar-refractivity contribution in [3.05, 3.63) is 27.9 Å². The molecule has 0 radical (unpaired) electrons. The molecule has 1 N–H and O–H groups in total. The zero-order chi connectivity index (χ0) is 16.2. The maximum atomic E-state index is 11.8. The number of hydrogen-bond donors (Lipinski definition) is 1. The van der Waals surface area contributed by atoms with Crippen LogP contribution in [0.3, 0.4) is 0 Å². The van der Waals surface area contributed by atoms with Crippen molar-refractivity contribution in [2.24, 2.45) is 0 Å². The summed E-state index contributed by atoms with van der Waals surface area (Å²) in [4.78, 5) is 27.3. The summed E-state index contributed by atoms with van der Waals surface area (Å²) in [6, 6.07) is 4.30. The Balaban J connectivity index is 2.89. The topological polar surface area (TPSA) is 112 Å². The van der Waals surface area contributed by atoms with Crippen LogP contribution < -0.4 is 10.2 Å². The Morgan fingerprint density at radius 3 is 2.62 bits per heavy atom. The van der Waals surface area contributed by atoms with E-state index < -0.39 is 4.92 Å². The number of rotatable bonds is 4. The first kappa shape index (κ1) is 16.4. The van der Waals surface area contributed by atoms with E-state index in [0.717, 1.165) is 0 Å². The minimum atomic E-state index is -0.665. The maximum Gasteiger partial charge on any atom is 0.305 e. The number of amides is 1. The molecule has 0 aliphatic heterocycles. The summed E-state index contributed by atoms with van der Waals surface area (Å²) >= 11 is 0. The highest BCUT2D eigenvalue weighted by atomic mass is 16.6. The van der Waals surface area contributed by atoms with Gasteiger partial charge in [-0.15, -0.1) is 0 Å². The first-order chi connectivity index (χ1) is 9.64. The van der Waals surface area contributed by atoms with Gasteiger partial charge in [-0.2, -0.15) is 5.26 Å². The largest absolute Gasteiger partial charge is 0.350 e. The second kappa shape index (κ2) is 6.17. The lowest BCUT2D eigenvalue weighted by Gasteiger charge is -2.23. The van der Waals surface area contributed by atoms with Crippen LogP contribution in [0, 0.1) is 21.4 Å². The lowest BCUT2D eigenvalue weighted by Crippen LogP contribution is -2.45. The molecule has 0 spiro atoms. The van der Waals surface area contributed by atoms with E-state index in [4.69, 9.17) is 5.26 Å². The van der Waals surface area contributed by atoms with E-state index in [9.17, 15) is 14.9 Å². The van der Waals surface area contributed by atoms with Gasteiger partial charge in [0, 0.05) is 18.7 Å². The fourth-order valence-corrected chi connectivity index (χ4v) is 1.64. The van der Waals surface area contributed by atoms with Crippen LogP contribution in [0.5, 0.6) is 0 Å². The number of pyridine rings is 1. The van der Waals surface area contributed by atoms with E-state index >= 15 is 0 Å². The normalized spacial score (nSPS) is 10.6. The third-order valence-electron chi connectivity index (χ3n) is 2.45. The average molecular weight is 291 g/mol. The van der Waals surface area contributed by atoms with Gasteiger partial charge in [-0.05, 0) is 26.8 Å². The number of carbonyl (C=O) groups excluding carboxylic acids is 1. The van der Waals surface area contributed by atoms with Gasteiger partial charge in [-0.25, -0.2) is 4.98 Å². The summed E-state index contributed by atoms with van der Waals surface area (Å²) in [6.07, 6.45) is 0. The highest BCUT2D eigenvalue weighted by Gasteiger charge is 2.19. The molecule has 0 unspecified atom stereocenters. The van der Waals surface area contributed by atoms with E-state index in [1.807, 2.05) is 20.8 Å². The lowest BCUT2D eigenvalue weighted by molar-refractivity contribution is -0.385. The molecule has 0 aliphatic rings. The number of likely N-dealkylation sites (N-methyl/N-ethyl adjacent to an activating group) is 1. The maximum absolute atomic E-state index is 11.8. The Bertz CT molecular complexity index is 601. The highest BCUT2D eigenvalue weighted by Crippen LogP contribution is 2.19. The van der Waals surface area contributed by atoms with Crippen LogP contribution in [0.1, 0.15) is 26.5 Å². The van der Waals surface area contributed by atoms with Crippen molar-refractivity contribution < 1.29 is 9.72 Å². The molecule has 0 fully saturated rings. The van der Waals surface area contributed by atoms with Gasteiger partial charge in [0.1, 0.15) is 11.9 Å². The number of hydrogen-bond acceptors (Lipinski definition) is 6. The molecule has 8 heteroatoms. The van der Waals surface area contributed by atoms with Gasteiger partial charge < -0.3 is 10.2 Å². The van der Waals surface area contributed by atoms with Crippen LogP contribution in [-0.2, 0) is 4.79 Å². The van der Waals surface area contributed by atoms with Crippen LogP contribution in [-0.4, -0.2) is 34.9 Å². The molecule has 21 heavy (non-hydrogen) atoms. The van der Waals surface area contributed by atoms with Crippen molar-refractivity contribution >= 4 is 17.4 Å². The lowest BCUT2D eigenvalue weighted by atomic mass is 10.1. The van der Waals surface area contributed by atoms with E-state index in [0.29, 0.717) is 5.82 Å². The molecule has 1 aromatic rings. The van der Waals surface area contributed by atoms with Crippen molar-refractivity contribution in [3.8, 4) is 6.07 Å². The van der Waals surface area contributed by atoms with Gasteiger partial charge in [0.2, 0.25) is 11.6 Å². The molecule has 0 saturated heterocycles. The average Bonchev–Trinajstić information content (AvgIpc) is 2.35. The van der Waals surface area contributed by atoms with Crippen LogP contribution >= 0.6 is 0 Å². The minimum Gasteiger partial charge on any atom is -0.350 e. The van der Waals surface area contributed by atoms with Crippen LogP contribution in [0.2, 0.25) is 0 Å². The Kier molecular flexibility index (Phi) is 4.81. The van der Waals surface area contributed by atoms with Gasteiger partial charge in [-0.1, -0.05) is 0 Å². The van der Waals surface area contributed by atoms with Crippen LogP contribution in [0.15, 0.2) is 12.1 Å². The van der Waals surface area contributed by atoms with Gasteiger partial charge >= 0.3 is 5.69 Å². The van der Waals surface area contributed by atoms with Gasteiger partial charge in [0.15, 0.2) is 0 Å². The number of carbonyl (C=O) groups is 1. The van der Waals surface area contributed by atoms with E-state index in [2.05, 4.69) is 10.3 Å². The predicted molar refractivity (Wildman–Crippen MR) is 76.8 cm³/mol. The number of aromatic nitrogens is 1. The standard InChI is InChI=1S/C13H17N5O3/c1-13(2,3)16-12(19)8-17(4)11-6-5-10(18(20)21)9(7-14)15-11/h5-6H,8H2,1-4H3,(H,16,19). The fraction of sp³-hybridized carbons (Fsp3) is 0.462. The van der Waals surface area contributed by atoms with E-state index in [1.54, 1.807) is 13.1 Å². The molecule has 1 amide bonds. The van der Waals surface area contributed by atoms with Crippen LogP contribution in [0.4, 0.5) is 11.5 Å². The van der Waals surface area contributed by atoms with Crippen molar-refractivity contribution in [2.45, 2.75) is 26.3 Å². The number of anilines is 1. The molecule has 1 heterocycles. The van der Waals surface area contributed by atoms with E-state index in [1.165, 1.54) is 17.0 Å². The molecule has 0 aliphatic carbocycles. The zero-order valence-corrected chi connectivity index (χ0v) is 12.4. The molecule has 112 valence electrons. The third-order valence-corrected chi connectivity index (χ3v) is 2.45. The molecule has 1 rings (SSSR count). The van der Waals surface area contributed by atoms with Gasteiger partial charge in [-0.3, -0.25) is 14.9 Å². The van der Waals surface area contributed by atoms with Crippen LogP contribution in [0.25, 0.3) is 0 Å². The number of nitriles is 1. The third kappa shape index (κ3) is 4.72. The Morgan fingerprint density at radius 1 is 1.52 bits per heavy atom. The molecular weight excluding hydrogens is 274 g/mol. The molecular formula is C13H17N5O3.